The van der Waals surface area contributed by atoms with E-state index in [9.17, 15) is 8.76 Å². The van der Waals surface area contributed by atoms with Crippen molar-refractivity contribution in [3.63, 3.8) is 0 Å². The Balaban J connectivity index is 2.58. The van der Waals surface area contributed by atoms with Gasteiger partial charge in [0.1, 0.15) is 6.26 Å². The highest BCUT2D eigenvalue weighted by Gasteiger charge is 1.93. The molecule has 1 aromatic heterocycles. The lowest BCUT2D eigenvalue weighted by molar-refractivity contribution is 0.495. The van der Waals surface area contributed by atoms with Crippen LogP contribution in [0.2, 0.25) is 0 Å². The molecule has 0 saturated heterocycles. The first-order valence-electron chi connectivity index (χ1n) is 2.23. The van der Waals surface area contributed by atoms with Crippen molar-refractivity contribution in [3.8, 4) is 0 Å². The Morgan fingerprint density at radius 2 is 2.67 bits per heavy atom. The minimum absolute atomic E-state index is 0.146. The fraction of sp³-hybridized carbons (Fsp3) is 0.250. The van der Waals surface area contributed by atoms with Crippen molar-refractivity contribution in [2.45, 2.75) is 5.75 Å². The third-order valence-electron chi connectivity index (χ3n) is 0.725. The summed E-state index contributed by atoms with van der Waals surface area (Å²) in [6, 6.07) is 0. The molecule has 1 unspecified atom stereocenters. The first kappa shape index (κ1) is 6.44. The summed E-state index contributed by atoms with van der Waals surface area (Å²) in [5.41, 5.74) is 0. The molecule has 0 spiro atoms. The van der Waals surface area contributed by atoms with Crippen molar-refractivity contribution in [2.75, 3.05) is 0 Å². The number of oxazole rings is 1. The normalized spacial score (nSPS) is 13.4. The second-order valence-electron chi connectivity index (χ2n) is 1.37. The predicted octanol–water partition coefficient (Wildman–Crippen LogP) is 0.0537. The van der Waals surface area contributed by atoms with Gasteiger partial charge in [0.15, 0.2) is 0 Å². The molecule has 1 rings (SSSR count). The average Bonchev–Trinajstić information content (AvgIpc) is 2.15. The Kier molecular flexibility index (Phi) is 1.96. The van der Waals surface area contributed by atoms with E-state index in [4.69, 9.17) is 0 Å². The van der Waals surface area contributed by atoms with Crippen molar-refractivity contribution < 1.29 is 13.2 Å². The van der Waals surface area contributed by atoms with Gasteiger partial charge in [0.05, 0.1) is 11.9 Å². The largest absolute Gasteiger partial charge is 0.772 e. The number of nitrogens with zero attached hydrogens (tertiary/aromatic N) is 1. The molecule has 0 amide bonds. The zero-order valence-corrected chi connectivity index (χ0v) is 5.26. The minimum atomic E-state index is -2.10. The highest BCUT2D eigenvalue weighted by atomic mass is 32.2. The SMILES string of the molecule is O=S([O-])Cc1ncco1. The molecule has 0 bridgehead atoms. The van der Waals surface area contributed by atoms with E-state index in [1.54, 1.807) is 0 Å². The molecule has 0 radical (unpaired) electrons. The standard InChI is InChI=1S/C4H5NO3S/c6-9(7)3-4-5-1-2-8-4/h1-2H,3H2,(H,6,7)/p-1. The van der Waals surface area contributed by atoms with Crippen molar-refractivity contribution in [1.82, 2.24) is 4.98 Å². The van der Waals surface area contributed by atoms with E-state index in [-0.39, 0.29) is 11.6 Å². The van der Waals surface area contributed by atoms with E-state index < -0.39 is 11.1 Å². The molecule has 1 heterocycles. The molecule has 1 aromatic rings. The van der Waals surface area contributed by atoms with Crippen molar-refractivity contribution >= 4 is 11.1 Å². The molecule has 0 N–H and O–H groups in total. The highest BCUT2D eigenvalue weighted by Crippen LogP contribution is 1.96. The third kappa shape index (κ3) is 1.95. The van der Waals surface area contributed by atoms with Gasteiger partial charge < -0.3 is 8.97 Å². The highest BCUT2D eigenvalue weighted by molar-refractivity contribution is 7.78. The maximum absolute atomic E-state index is 9.97. The first-order valence-corrected chi connectivity index (χ1v) is 3.47. The maximum Gasteiger partial charge on any atom is 0.205 e. The predicted molar refractivity (Wildman–Crippen MR) is 29.1 cm³/mol. The van der Waals surface area contributed by atoms with Gasteiger partial charge in [-0.2, -0.15) is 0 Å². The van der Waals surface area contributed by atoms with Gasteiger partial charge in [-0.1, -0.05) is 0 Å². The van der Waals surface area contributed by atoms with Crippen molar-refractivity contribution in [1.29, 1.82) is 0 Å². The number of rotatable bonds is 2. The molecular weight excluding hydrogens is 142 g/mol. The zero-order valence-electron chi connectivity index (χ0n) is 4.44. The van der Waals surface area contributed by atoms with Crippen LogP contribution in [-0.2, 0) is 16.8 Å². The fourth-order valence-electron chi connectivity index (χ4n) is 0.425. The first-order chi connectivity index (χ1) is 4.29. The van der Waals surface area contributed by atoms with E-state index >= 15 is 0 Å². The summed E-state index contributed by atoms with van der Waals surface area (Å²) in [7, 11) is 0. The molecule has 50 valence electrons. The van der Waals surface area contributed by atoms with Crippen LogP contribution in [-0.4, -0.2) is 13.7 Å². The summed E-state index contributed by atoms with van der Waals surface area (Å²) in [5, 5.41) is 0. The Hall–Kier alpha value is -0.680. The van der Waals surface area contributed by atoms with E-state index in [2.05, 4.69) is 9.40 Å². The third-order valence-corrected chi connectivity index (χ3v) is 1.21. The lowest BCUT2D eigenvalue weighted by Gasteiger charge is -1.97. The molecule has 0 saturated carbocycles. The second kappa shape index (κ2) is 2.75. The molecule has 0 aliphatic carbocycles. The second-order valence-corrected chi connectivity index (χ2v) is 2.27. The lowest BCUT2D eigenvalue weighted by atomic mass is 10.8. The van der Waals surface area contributed by atoms with E-state index in [1.165, 1.54) is 12.5 Å². The number of hydrogen-bond donors (Lipinski definition) is 0. The maximum atomic E-state index is 9.97. The Morgan fingerprint density at radius 1 is 1.89 bits per heavy atom. The summed E-state index contributed by atoms with van der Waals surface area (Å²) in [6.45, 7) is 0. The van der Waals surface area contributed by atoms with Gasteiger partial charge in [-0.05, 0) is 11.1 Å². The molecular formula is C4H4NO3S-. The van der Waals surface area contributed by atoms with Gasteiger partial charge in [0, 0.05) is 0 Å². The van der Waals surface area contributed by atoms with Crippen LogP contribution in [0.25, 0.3) is 0 Å². The van der Waals surface area contributed by atoms with Crippen LogP contribution in [0, 0.1) is 0 Å². The summed E-state index contributed by atoms with van der Waals surface area (Å²) in [5.74, 6) is 0.0795. The minimum Gasteiger partial charge on any atom is -0.772 e. The molecule has 0 aromatic carbocycles. The van der Waals surface area contributed by atoms with Gasteiger partial charge in [-0.25, -0.2) is 4.98 Å². The smallest absolute Gasteiger partial charge is 0.205 e. The van der Waals surface area contributed by atoms with Crippen LogP contribution in [0.1, 0.15) is 5.89 Å². The lowest BCUT2D eigenvalue weighted by Crippen LogP contribution is -1.92. The zero-order chi connectivity index (χ0) is 6.69. The fourth-order valence-corrected chi connectivity index (χ4v) is 0.769. The quantitative estimate of drug-likeness (QED) is 0.553. The monoisotopic (exact) mass is 146 g/mol. The number of hydrogen-bond acceptors (Lipinski definition) is 4. The van der Waals surface area contributed by atoms with E-state index in [1.807, 2.05) is 0 Å². The van der Waals surface area contributed by atoms with Crippen LogP contribution in [0.4, 0.5) is 0 Å². The Morgan fingerprint density at radius 3 is 3.11 bits per heavy atom. The molecule has 5 heteroatoms. The van der Waals surface area contributed by atoms with E-state index in [0.717, 1.165) is 0 Å². The van der Waals surface area contributed by atoms with Crippen LogP contribution in [0.15, 0.2) is 16.9 Å². The van der Waals surface area contributed by atoms with Crippen LogP contribution in [0.5, 0.6) is 0 Å². The topological polar surface area (TPSA) is 66.2 Å². The van der Waals surface area contributed by atoms with Crippen LogP contribution in [0.3, 0.4) is 0 Å². The summed E-state index contributed by atoms with van der Waals surface area (Å²) >= 11 is -2.10. The molecule has 0 fully saturated rings. The summed E-state index contributed by atoms with van der Waals surface area (Å²) in [4.78, 5) is 3.60. The molecule has 0 aliphatic rings. The summed E-state index contributed by atoms with van der Waals surface area (Å²) in [6.07, 6.45) is 2.74. The van der Waals surface area contributed by atoms with Gasteiger partial charge in [-0.15, -0.1) is 0 Å². The van der Waals surface area contributed by atoms with Crippen LogP contribution < -0.4 is 0 Å². The van der Waals surface area contributed by atoms with Gasteiger partial charge >= 0.3 is 0 Å². The van der Waals surface area contributed by atoms with Gasteiger partial charge in [0.25, 0.3) is 0 Å². The van der Waals surface area contributed by atoms with Crippen LogP contribution >= 0.6 is 0 Å². The van der Waals surface area contributed by atoms with Gasteiger partial charge in [-0.3, -0.25) is 4.21 Å². The van der Waals surface area contributed by atoms with E-state index in [0.29, 0.717) is 0 Å². The molecule has 4 nitrogen and oxygen atoms in total. The molecule has 1 atom stereocenters. The number of aromatic nitrogens is 1. The Labute approximate surface area is 54.2 Å². The molecule has 9 heavy (non-hydrogen) atoms. The molecule has 0 aliphatic heterocycles. The van der Waals surface area contributed by atoms with Gasteiger partial charge in [0.2, 0.25) is 5.89 Å². The summed E-state index contributed by atoms with van der Waals surface area (Å²) < 4.78 is 24.6. The average molecular weight is 146 g/mol. The Bertz CT molecular complexity index is 196. The van der Waals surface area contributed by atoms with Crippen molar-refractivity contribution in [2.24, 2.45) is 0 Å². The van der Waals surface area contributed by atoms with Crippen molar-refractivity contribution in [3.05, 3.63) is 18.4 Å².